The summed E-state index contributed by atoms with van der Waals surface area (Å²) in [6.45, 7) is 3.60. The molecule has 1 aromatic rings. The van der Waals surface area contributed by atoms with Crippen LogP contribution < -0.4 is 5.73 Å². The molecule has 0 saturated carbocycles. The summed E-state index contributed by atoms with van der Waals surface area (Å²) >= 11 is 5.69. The molecule has 3 heteroatoms. The van der Waals surface area contributed by atoms with Crippen molar-refractivity contribution in [1.29, 1.82) is 0 Å². The molecule has 0 fully saturated rings. The molecule has 0 aliphatic carbocycles. The molecule has 0 heterocycles. The molecule has 1 atom stereocenters. The summed E-state index contributed by atoms with van der Waals surface area (Å²) in [5, 5.41) is 0.727. The standard InChI is InChI=1S/C9H10ClN.ClH/c1-2-9(11)7-3-5-8(10)6-4-7;/h2-6,9H,1,11H2;1H/t9-;/m1./s1. The van der Waals surface area contributed by atoms with Gasteiger partial charge in [0, 0.05) is 11.1 Å². The van der Waals surface area contributed by atoms with E-state index < -0.39 is 0 Å². The van der Waals surface area contributed by atoms with Crippen LogP contribution in [0.1, 0.15) is 11.6 Å². The fourth-order valence-electron chi connectivity index (χ4n) is 0.821. The molecule has 0 saturated heterocycles. The van der Waals surface area contributed by atoms with Crippen molar-refractivity contribution in [3.8, 4) is 0 Å². The second-order valence-electron chi connectivity index (χ2n) is 2.31. The van der Waals surface area contributed by atoms with Crippen molar-refractivity contribution in [2.24, 2.45) is 5.73 Å². The zero-order valence-corrected chi connectivity index (χ0v) is 8.11. The highest BCUT2D eigenvalue weighted by Crippen LogP contribution is 2.14. The van der Waals surface area contributed by atoms with Crippen LogP contribution in [0.5, 0.6) is 0 Å². The van der Waals surface area contributed by atoms with E-state index >= 15 is 0 Å². The maximum Gasteiger partial charge on any atom is 0.0478 e. The Morgan fingerprint density at radius 3 is 2.25 bits per heavy atom. The van der Waals surface area contributed by atoms with Crippen molar-refractivity contribution in [1.82, 2.24) is 0 Å². The van der Waals surface area contributed by atoms with Gasteiger partial charge in [0.05, 0.1) is 0 Å². The van der Waals surface area contributed by atoms with E-state index in [0.717, 1.165) is 10.6 Å². The summed E-state index contributed by atoms with van der Waals surface area (Å²) in [5.74, 6) is 0. The number of hydrogen-bond donors (Lipinski definition) is 1. The minimum atomic E-state index is -0.0905. The molecule has 1 rings (SSSR count). The van der Waals surface area contributed by atoms with Crippen LogP contribution in [0.25, 0.3) is 0 Å². The average Bonchev–Trinajstić information content (AvgIpc) is 2.05. The zero-order chi connectivity index (χ0) is 8.27. The van der Waals surface area contributed by atoms with Gasteiger partial charge in [-0.05, 0) is 17.7 Å². The maximum atomic E-state index is 5.69. The van der Waals surface area contributed by atoms with E-state index in [9.17, 15) is 0 Å². The first-order chi connectivity index (χ1) is 5.24. The van der Waals surface area contributed by atoms with Crippen molar-refractivity contribution < 1.29 is 0 Å². The second kappa shape index (κ2) is 5.20. The Labute approximate surface area is 83.6 Å². The lowest BCUT2D eigenvalue weighted by Crippen LogP contribution is -2.05. The molecule has 2 N–H and O–H groups in total. The third kappa shape index (κ3) is 2.86. The summed E-state index contributed by atoms with van der Waals surface area (Å²) in [4.78, 5) is 0. The fourth-order valence-corrected chi connectivity index (χ4v) is 0.947. The minimum absolute atomic E-state index is 0. The number of benzene rings is 1. The topological polar surface area (TPSA) is 26.0 Å². The summed E-state index contributed by atoms with van der Waals surface area (Å²) in [6.07, 6.45) is 1.70. The molecule has 66 valence electrons. The summed E-state index contributed by atoms with van der Waals surface area (Å²) in [5.41, 5.74) is 6.72. The lowest BCUT2D eigenvalue weighted by molar-refractivity contribution is 0.915. The third-order valence-corrected chi connectivity index (χ3v) is 1.76. The Hall–Kier alpha value is -0.500. The van der Waals surface area contributed by atoms with E-state index in [0.29, 0.717) is 0 Å². The van der Waals surface area contributed by atoms with E-state index in [1.165, 1.54) is 0 Å². The molecule has 0 bridgehead atoms. The Morgan fingerprint density at radius 1 is 1.33 bits per heavy atom. The highest BCUT2D eigenvalue weighted by atomic mass is 35.5. The summed E-state index contributed by atoms with van der Waals surface area (Å²) < 4.78 is 0. The van der Waals surface area contributed by atoms with Crippen LogP contribution in [0.4, 0.5) is 0 Å². The molecular weight excluding hydrogens is 193 g/mol. The largest absolute Gasteiger partial charge is 0.321 e. The number of nitrogens with two attached hydrogens (primary N) is 1. The van der Waals surface area contributed by atoms with Gasteiger partial charge < -0.3 is 5.73 Å². The Bertz CT molecular complexity index is 243. The van der Waals surface area contributed by atoms with Gasteiger partial charge >= 0.3 is 0 Å². The van der Waals surface area contributed by atoms with Crippen molar-refractivity contribution in [3.05, 3.63) is 47.5 Å². The van der Waals surface area contributed by atoms with Gasteiger partial charge in [0.25, 0.3) is 0 Å². The van der Waals surface area contributed by atoms with Crippen molar-refractivity contribution >= 4 is 24.0 Å². The fraction of sp³-hybridized carbons (Fsp3) is 0.111. The van der Waals surface area contributed by atoms with Crippen LogP contribution in [0.3, 0.4) is 0 Å². The van der Waals surface area contributed by atoms with E-state index in [4.69, 9.17) is 17.3 Å². The molecule has 1 nitrogen and oxygen atoms in total. The third-order valence-electron chi connectivity index (χ3n) is 1.51. The number of halogens is 2. The van der Waals surface area contributed by atoms with Crippen LogP contribution in [0, 0.1) is 0 Å². The molecule has 0 aromatic heterocycles. The monoisotopic (exact) mass is 203 g/mol. The zero-order valence-electron chi connectivity index (χ0n) is 6.53. The molecule has 0 aliphatic rings. The van der Waals surface area contributed by atoms with Crippen LogP contribution in [0.15, 0.2) is 36.9 Å². The predicted molar refractivity (Wildman–Crippen MR) is 55.8 cm³/mol. The van der Waals surface area contributed by atoms with Gasteiger partial charge in [0.2, 0.25) is 0 Å². The van der Waals surface area contributed by atoms with Gasteiger partial charge in [-0.15, -0.1) is 19.0 Å². The Kier molecular flexibility index (Phi) is 4.98. The SMILES string of the molecule is C=C[C@@H](N)c1ccc(Cl)cc1.Cl. The molecule has 12 heavy (non-hydrogen) atoms. The predicted octanol–water partition coefficient (Wildman–Crippen LogP) is 2.95. The number of rotatable bonds is 2. The first-order valence-electron chi connectivity index (χ1n) is 3.37. The quantitative estimate of drug-likeness (QED) is 0.736. The molecule has 0 radical (unpaired) electrons. The normalized spacial score (nSPS) is 11.5. The van der Waals surface area contributed by atoms with Crippen molar-refractivity contribution in [2.75, 3.05) is 0 Å². The molecule has 0 aliphatic heterocycles. The Morgan fingerprint density at radius 2 is 1.83 bits per heavy atom. The van der Waals surface area contributed by atoms with Crippen LogP contribution in [0.2, 0.25) is 5.02 Å². The van der Waals surface area contributed by atoms with Crippen LogP contribution in [-0.2, 0) is 0 Å². The molecule has 0 spiro atoms. The lowest BCUT2D eigenvalue weighted by atomic mass is 10.1. The van der Waals surface area contributed by atoms with Gasteiger partial charge in [-0.1, -0.05) is 29.8 Å². The Balaban J connectivity index is 0.00000121. The average molecular weight is 204 g/mol. The van der Waals surface area contributed by atoms with Gasteiger partial charge in [-0.3, -0.25) is 0 Å². The van der Waals surface area contributed by atoms with E-state index in [2.05, 4.69) is 6.58 Å². The highest BCUT2D eigenvalue weighted by molar-refractivity contribution is 6.30. The smallest absolute Gasteiger partial charge is 0.0478 e. The van der Waals surface area contributed by atoms with Crippen molar-refractivity contribution in [3.63, 3.8) is 0 Å². The molecule has 1 aromatic carbocycles. The first kappa shape index (κ1) is 11.5. The summed E-state index contributed by atoms with van der Waals surface area (Å²) in [7, 11) is 0. The molecule has 0 unspecified atom stereocenters. The number of hydrogen-bond acceptors (Lipinski definition) is 1. The van der Waals surface area contributed by atoms with E-state index in [-0.39, 0.29) is 18.4 Å². The molecule has 0 amide bonds. The van der Waals surface area contributed by atoms with Gasteiger partial charge in [-0.25, -0.2) is 0 Å². The van der Waals surface area contributed by atoms with Gasteiger partial charge in [0.1, 0.15) is 0 Å². The van der Waals surface area contributed by atoms with Crippen LogP contribution >= 0.6 is 24.0 Å². The second-order valence-corrected chi connectivity index (χ2v) is 2.75. The van der Waals surface area contributed by atoms with Crippen molar-refractivity contribution in [2.45, 2.75) is 6.04 Å². The minimum Gasteiger partial charge on any atom is -0.321 e. The van der Waals surface area contributed by atoms with Crippen LogP contribution in [-0.4, -0.2) is 0 Å². The lowest BCUT2D eigenvalue weighted by Gasteiger charge is -2.04. The summed E-state index contributed by atoms with van der Waals surface area (Å²) in [6, 6.07) is 7.34. The molecular formula is C9H11Cl2N. The van der Waals surface area contributed by atoms with Gasteiger partial charge in [-0.2, -0.15) is 0 Å². The van der Waals surface area contributed by atoms with Gasteiger partial charge in [0.15, 0.2) is 0 Å². The highest BCUT2D eigenvalue weighted by Gasteiger charge is 1.98. The van der Waals surface area contributed by atoms with E-state index in [1.807, 2.05) is 24.3 Å². The van der Waals surface area contributed by atoms with E-state index in [1.54, 1.807) is 6.08 Å². The maximum absolute atomic E-state index is 5.69. The first-order valence-corrected chi connectivity index (χ1v) is 3.75.